The van der Waals surface area contributed by atoms with Crippen LogP contribution in [0.25, 0.3) is 0 Å². The summed E-state index contributed by atoms with van der Waals surface area (Å²) in [6, 6.07) is 1.67. The van der Waals surface area contributed by atoms with Gasteiger partial charge in [0.1, 0.15) is 5.76 Å². The van der Waals surface area contributed by atoms with Crippen molar-refractivity contribution in [2.75, 3.05) is 19.7 Å². The number of nitrogens with zero attached hydrogens (tertiary/aromatic N) is 1. The summed E-state index contributed by atoms with van der Waals surface area (Å²) in [5, 5.41) is 0. The fraction of sp³-hybridized carbons (Fsp3) is 0.571. The summed E-state index contributed by atoms with van der Waals surface area (Å²) < 4.78 is 5.16. The number of nitrogens with one attached hydrogen (secondary N) is 1. The van der Waals surface area contributed by atoms with Crippen molar-refractivity contribution in [2.24, 2.45) is 5.92 Å². The van der Waals surface area contributed by atoms with Crippen molar-refractivity contribution in [3.63, 3.8) is 0 Å². The Balaban J connectivity index is 1.98. The average Bonchev–Trinajstić information content (AvgIpc) is 2.90. The molecule has 1 aromatic heterocycles. The molecule has 0 aliphatic carbocycles. The number of rotatable bonds is 4. The smallest absolute Gasteiger partial charge is 0.257 e. The molecule has 20 heavy (non-hydrogen) atoms. The van der Waals surface area contributed by atoms with E-state index in [1.165, 1.54) is 6.26 Å². The van der Waals surface area contributed by atoms with Gasteiger partial charge in [0, 0.05) is 13.1 Å². The van der Waals surface area contributed by atoms with Gasteiger partial charge >= 0.3 is 0 Å². The van der Waals surface area contributed by atoms with Crippen LogP contribution in [0.3, 0.4) is 0 Å². The van der Waals surface area contributed by atoms with E-state index in [1.807, 2.05) is 0 Å². The Bertz CT molecular complexity index is 483. The first-order valence-corrected chi connectivity index (χ1v) is 6.88. The predicted molar refractivity (Wildman–Crippen MR) is 71.8 cm³/mol. The highest BCUT2D eigenvalue weighted by Gasteiger charge is 2.30. The van der Waals surface area contributed by atoms with Crippen LogP contribution < -0.4 is 5.48 Å². The quantitative estimate of drug-likeness (QED) is 0.849. The Morgan fingerprint density at radius 3 is 3.00 bits per heavy atom. The Hall–Kier alpha value is -1.82. The summed E-state index contributed by atoms with van der Waals surface area (Å²) in [7, 11) is 0. The van der Waals surface area contributed by atoms with Gasteiger partial charge in [0.15, 0.2) is 0 Å². The fourth-order valence-corrected chi connectivity index (χ4v) is 2.38. The number of carbonyl (C=O) groups excluding carboxylic acids is 2. The molecule has 110 valence electrons. The number of hydroxylamine groups is 1. The first-order chi connectivity index (χ1) is 9.63. The highest BCUT2D eigenvalue weighted by atomic mass is 16.6. The van der Waals surface area contributed by atoms with Gasteiger partial charge in [-0.1, -0.05) is 0 Å². The van der Waals surface area contributed by atoms with Crippen molar-refractivity contribution < 1.29 is 18.8 Å². The maximum Gasteiger partial charge on any atom is 0.257 e. The number of furan rings is 1. The third-order valence-corrected chi connectivity index (χ3v) is 3.49. The van der Waals surface area contributed by atoms with Gasteiger partial charge < -0.3 is 9.32 Å². The molecule has 2 amide bonds. The summed E-state index contributed by atoms with van der Waals surface area (Å²) in [6.07, 6.45) is 3.09. The second-order valence-electron chi connectivity index (χ2n) is 4.88. The van der Waals surface area contributed by atoms with E-state index in [0.29, 0.717) is 31.0 Å². The molecule has 0 bridgehead atoms. The van der Waals surface area contributed by atoms with E-state index >= 15 is 0 Å². The van der Waals surface area contributed by atoms with Crippen molar-refractivity contribution in [3.8, 4) is 0 Å². The molecule has 1 fully saturated rings. The molecular weight excluding hydrogens is 260 g/mol. The second-order valence-corrected chi connectivity index (χ2v) is 4.88. The highest BCUT2D eigenvalue weighted by molar-refractivity contribution is 5.95. The molecule has 2 heterocycles. The SMILES string of the molecule is CCONC(=O)C1CCCN(C(=O)c2ccoc2C)C1. The number of hydrogen-bond donors (Lipinski definition) is 1. The summed E-state index contributed by atoms with van der Waals surface area (Å²) in [5.74, 6) is 0.153. The van der Waals surface area contributed by atoms with Gasteiger partial charge in [-0.25, -0.2) is 5.48 Å². The van der Waals surface area contributed by atoms with E-state index in [0.717, 1.165) is 12.8 Å². The number of carbonyl (C=O) groups is 2. The lowest BCUT2D eigenvalue weighted by atomic mass is 9.97. The molecule has 0 radical (unpaired) electrons. The van der Waals surface area contributed by atoms with Crippen LogP contribution in [0.2, 0.25) is 0 Å². The number of piperidine rings is 1. The molecule has 1 N–H and O–H groups in total. The van der Waals surface area contributed by atoms with Crippen LogP contribution in [-0.4, -0.2) is 36.4 Å². The van der Waals surface area contributed by atoms with Crippen molar-refractivity contribution >= 4 is 11.8 Å². The first-order valence-electron chi connectivity index (χ1n) is 6.88. The van der Waals surface area contributed by atoms with Crippen molar-refractivity contribution in [3.05, 3.63) is 23.7 Å². The molecule has 6 nitrogen and oxygen atoms in total. The minimum atomic E-state index is -0.216. The predicted octanol–water partition coefficient (Wildman–Crippen LogP) is 1.51. The summed E-state index contributed by atoms with van der Waals surface area (Å²) >= 11 is 0. The normalized spacial score (nSPS) is 18.9. The van der Waals surface area contributed by atoms with E-state index in [4.69, 9.17) is 9.25 Å². The molecule has 1 aromatic rings. The third-order valence-electron chi connectivity index (χ3n) is 3.49. The molecule has 1 atom stereocenters. The lowest BCUT2D eigenvalue weighted by Gasteiger charge is -2.31. The van der Waals surface area contributed by atoms with Gasteiger partial charge in [-0.2, -0.15) is 0 Å². The first kappa shape index (κ1) is 14.6. The lowest BCUT2D eigenvalue weighted by molar-refractivity contribution is -0.138. The second kappa shape index (κ2) is 6.56. The van der Waals surface area contributed by atoms with Crippen molar-refractivity contribution in [1.29, 1.82) is 0 Å². The molecule has 6 heteroatoms. The molecule has 1 saturated heterocycles. The highest BCUT2D eigenvalue weighted by Crippen LogP contribution is 2.20. The Labute approximate surface area is 118 Å². The summed E-state index contributed by atoms with van der Waals surface area (Å²) in [4.78, 5) is 30.9. The van der Waals surface area contributed by atoms with Crippen LogP contribution in [0.15, 0.2) is 16.7 Å². The van der Waals surface area contributed by atoms with E-state index in [1.54, 1.807) is 24.8 Å². The van der Waals surface area contributed by atoms with Gasteiger partial charge in [-0.15, -0.1) is 0 Å². The maximum absolute atomic E-state index is 12.4. The molecular formula is C14H20N2O4. The molecule has 1 aliphatic heterocycles. The Morgan fingerprint density at radius 2 is 2.35 bits per heavy atom. The minimum Gasteiger partial charge on any atom is -0.469 e. The van der Waals surface area contributed by atoms with Gasteiger partial charge in [0.2, 0.25) is 5.91 Å². The van der Waals surface area contributed by atoms with Crippen molar-refractivity contribution in [2.45, 2.75) is 26.7 Å². The monoisotopic (exact) mass is 280 g/mol. The van der Waals surface area contributed by atoms with Crippen LogP contribution in [0.5, 0.6) is 0 Å². The van der Waals surface area contributed by atoms with Crippen LogP contribution in [0.4, 0.5) is 0 Å². The zero-order valence-electron chi connectivity index (χ0n) is 11.8. The maximum atomic E-state index is 12.4. The zero-order valence-corrected chi connectivity index (χ0v) is 11.8. The van der Waals surface area contributed by atoms with E-state index in [9.17, 15) is 9.59 Å². The molecule has 0 spiro atoms. The average molecular weight is 280 g/mol. The number of amides is 2. The number of likely N-dealkylation sites (tertiary alicyclic amines) is 1. The number of aryl methyl sites for hydroxylation is 1. The summed E-state index contributed by atoms with van der Waals surface area (Å²) in [5.41, 5.74) is 2.98. The topological polar surface area (TPSA) is 71.8 Å². The van der Waals surface area contributed by atoms with Gasteiger partial charge in [-0.3, -0.25) is 14.4 Å². The molecule has 1 unspecified atom stereocenters. The van der Waals surface area contributed by atoms with Crippen LogP contribution in [-0.2, 0) is 9.63 Å². The standard InChI is InChI=1S/C14H20N2O4/c1-3-20-15-13(17)11-5-4-7-16(9-11)14(18)12-6-8-19-10(12)2/h6,8,11H,3-5,7,9H2,1-2H3,(H,15,17). The fourth-order valence-electron chi connectivity index (χ4n) is 2.38. The summed E-state index contributed by atoms with van der Waals surface area (Å²) in [6.45, 7) is 5.08. The minimum absolute atomic E-state index is 0.0786. The van der Waals surface area contributed by atoms with Gasteiger partial charge in [-0.05, 0) is 32.8 Å². The van der Waals surface area contributed by atoms with Gasteiger partial charge in [0.05, 0.1) is 24.4 Å². The molecule has 2 rings (SSSR count). The zero-order chi connectivity index (χ0) is 14.5. The van der Waals surface area contributed by atoms with E-state index < -0.39 is 0 Å². The Kier molecular flexibility index (Phi) is 4.79. The molecule has 1 aliphatic rings. The molecule has 0 saturated carbocycles. The van der Waals surface area contributed by atoms with E-state index in [2.05, 4.69) is 5.48 Å². The number of hydrogen-bond acceptors (Lipinski definition) is 4. The largest absolute Gasteiger partial charge is 0.469 e. The van der Waals surface area contributed by atoms with Crippen LogP contribution >= 0.6 is 0 Å². The van der Waals surface area contributed by atoms with Crippen molar-refractivity contribution in [1.82, 2.24) is 10.4 Å². The van der Waals surface area contributed by atoms with Crippen LogP contribution in [0, 0.1) is 12.8 Å². The van der Waals surface area contributed by atoms with Gasteiger partial charge in [0.25, 0.3) is 5.91 Å². The van der Waals surface area contributed by atoms with E-state index in [-0.39, 0.29) is 17.7 Å². The third kappa shape index (κ3) is 3.19. The Morgan fingerprint density at radius 1 is 1.55 bits per heavy atom. The van der Waals surface area contributed by atoms with Crippen LogP contribution in [0.1, 0.15) is 35.9 Å². The lowest BCUT2D eigenvalue weighted by Crippen LogP contribution is -2.45. The molecule has 0 aromatic carbocycles.